The number of ether oxygens (including phenoxy) is 1. The zero-order valence-corrected chi connectivity index (χ0v) is 17.0. The fourth-order valence-electron chi connectivity index (χ4n) is 2.10. The molecule has 0 saturated heterocycles. The third-order valence-corrected chi connectivity index (χ3v) is 3.94. The van der Waals surface area contributed by atoms with Crippen LogP contribution in [0.3, 0.4) is 0 Å². The molecule has 6 nitrogen and oxygen atoms in total. The zero-order chi connectivity index (χ0) is 18.5. The van der Waals surface area contributed by atoms with Crippen LogP contribution in [0.4, 0.5) is 4.79 Å². The first kappa shape index (κ1) is 23.2. The molecule has 2 amide bonds. The number of nitrogens with one attached hydrogen (secondary N) is 1. The largest absolute Gasteiger partial charge is 0.415 e. The number of rotatable bonds is 6. The SMILES string of the molecule is Cc1cc(OC(=O)N(C)C(C)(C)C(=O)NCCC(C)C)cc(C)n1.Cl. The van der Waals surface area contributed by atoms with Crippen molar-refractivity contribution in [2.24, 2.45) is 5.92 Å². The number of nitrogens with zero attached hydrogens (tertiary/aromatic N) is 2. The lowest BCUT2D eigenvalue weighted by Gasteiger charge is -2.33. The lowest BCUT2D eigenvalue weighted by Crippen LogP contribution is -2.56. The number of hydrogen-bond acceptors (Lipinski definition) is 4. The van der Waals surface area contributed by atoms with Gasteiger partial charge in [-0.1, -0.05) is 13.8 Å². The summed E-state index contributed by atoms with van der Waals surface area (Å²) in [4.78, 5) is 30.3. The van der Waals surface area contributed by atoms with Crippen molar-refractivity contribution in [2.75, 3.05) is 13.6 Å². The molecule has 0 aliphatic heterocycles. The van der Waals surface area contributed by atoms with Gasteiger partial charge in [0.2, 0.25) is 5.91 Å². The van der Waals surface area contributed by atoms with E-state index in [1.807, 2.05) is 13.8 Å². The normalized spacial score (nSPS) is 10.9. The molecule has 0 unspecified atom stereocenters. The molecule has 1 heterocycles. The van der Waals surface area contributed by atoms with Crippen molar-refractivity contribution >= 4 is 24.4 Å². The minimum absolute atomic E-state index is 0. The van der Waals surface area contributed by atoms with E-state index in [4.69, 9.17) is 4.74 Å². The molecule has 0 fully saturated rings. The molecule has 0 bridgehead atoms. The Balaban J connectivity index is 0.00000576. The highest BCUT2D eigenvalue weighted by Crippen LogP contribution is 2.18. The average molecular weight is 372 g/mol. The van der Waals surface area contributed by atoms with Gasteiger partial charge in [0.15, 0.2) is 0 Å². The number of pyridine rings is 1. The van der Waals surface area contributed by atoms with E-state index >= 15 is 0 Å². The van der Waals surface area contributed by atoms with E-state index in [0.717, 1.165) is 17.8 Å². The molecule has 1 N–H and O–H groups in total. The number of likely N-dealkylation sites (N-methyl/N-ethyl adjacent to an activating group) is 1. The van der Waals surface area contributed by atoms with Crippen molar-refractivity contribution in [1.82, 2.24) is 15.2 Å². The number of carbonyl (C=O) groups excluding carboxylic acids is 2. The highest BCUT2D eigenvalue weighted by atomic mass is 35.5. The number of amides is 2. The van der Waals surface area contributed by atoms with Gasteiger partial charge in [-0.3, -0.25) is 14.7 Å². The molecule has 0 saturated carbocycles. The minimum Gasteiger partial charge on any atom is -0.410 e. The highest BCUT2D eigenvalue weighted by molar-refractivity contribution is 5.89. The van der Waals surface area contributed by atoms with Crippen LogP contribution in [0.5, 0.6) is 5.75 Å². The van der Waals surface area contributed by atoms with Crippen LogP contribution < -0.4 is 10.1 Å². The van der Waals surface area contributed by atoms with Crippen LogP contribution in [0.2, 0.25) is 0 Å². The Morgan fingerprint density at radius 2 is 1.76 bits per heavy atom. The summed E-state index contributed by atoms with van der Waals surface area (Å²) in [6.45, 7) is 11.8. The summed E-state index contributed by atoms with van der Waals surface area (Å²) in [6.07, 6.45) is 0.315. The van der Waals surface area contributed by atoms with Gasteiger partial charge in [-0.05, 0) is 40.0 Å². The first-order valence-electron chi connectivity index (χ1n) is 8.23. The Labute approximate surface area is 156 Å². The summed E-state index contributed by atoms with van der Waals surface area (Å²) < 4.78 is 5.38. The summed E-state index contributed by atoms with van der Waals surface area (Å²) >= 11 is 0. The fraction of sp³-hybridized carbons (Fsp3) is 0.611. The van der Waals surface area contributed by atoms with E-state index in [0.29, 0.717) is 18.2 Å². The molecule has 0 atom stereocenters. The van der Waals surface area contributed by atoms with E-state index < -0.39 is 11.6 Å². The monoisotopic (exact) mass is 371 g/mol. The van der Waals surface area contributed by atoms with E-state index in [-0.39, 0.29) is 18.3 Å². The molecule has 0 radical (unpaired) electrons. The third kappa shape index (κ3) is 6.90. The number of aryl methyl sites for hydroxylation is 2. The summed E-state index contributed by atoms with van der Waals surface area (Å²) in [6, 6.07) is 3.38. The molecule has 0 aliphatic carbocycles. The van der Waals surface area contributed by atoms with Crippen molar-refractivity contribution in [1.29, 1.82) is 0 Å². The molecule has 25 heavy (non-hydrogen) atoms. The van der Waals surface area contributed by atoms with E-state index in [1.54, 1.807) is 33.0 Å². The molecule has 0 aromatic carbocycles. The van der Waals surface area contributed by atoms with E-state index in [1.165, 1.54) is 4.90 Å². The molecule has 1 aromatic rings. The van der Waals surface area contributed by atoms with Crippen LogP contribution in [-0.2, 0) is 4.79 Å². The van der Waals surface area contributed by atoms with Crippen molar-refractivity contribution < 1.29 is 14.3 Å². The molecule has 7 heteroatoms. The summed E-state index contributed by atoms with van der Waals surface area (Å²) in [7, 11) is 1.56. The number of aromatic nitrogens is 1. The second kappa shape index (κ2) is 9.61. The Kier molecular flexibility index (Phi) is 8.91. The molecule has 0 aliphatic rings. The summed E-state index contributed by atoms with van der Waals surface area (Å²) in [5.74, 6) is 0.729. The van der Waals surface area contributed by atoms with Crippen molar-refractivity contribution in [2.45, 2.75) is 53.5 Å². The number of hydrogen-bond donors (Lipinski definition) is 1. The quantitative estimate of drug-likeness (QED) is 0.830. The van der Waals surface area contributed by atoms with Crippen LogP contribution in [0.1, 0.15) is 45.5 Å². The number of halogens is 1. The van der Waals surface area contributed by atoms with Gasteiger partial charge in [0, 0.05) is 37.1 Å². The van der Waals surface area contributed by atoms with Crippen LogP contribution in [0.15, 0.2) is 12.1 Å². The highest BCUT2D eigenvalue weighted by Gasteiger charge is 2.36. The Hall–Kier alpha value is -1.82. The van der Waals surface area contributed by atoms with Crippen LogP contribution in [-0.4, -0.2) is 41.0 Å². The van der Waals surface area contributed by atoms with Crippen LogP contribution >= 0.6 is 12.4 Å². The lowest BCUT2D eigenvalue weighted by molar-refractivity contribution is -0.129. The molecule has 1 rings (SSSR count). The third-order valence-electron chi connectivity index (χ3n) is 3.94. The molecular weight excluding hydrogens is 342 g/mol. The lowest BCUT2D eigenvalue weighted by atomic mass is 10.0. The van der Waals surface area contributed by atoms with Crippen molar-refractivity contribution in [3.63, 3.8) is 0 Å². The molecule has 0 spiro atoms. The van der Waals surface area contributed by atoms with Gasteiger partial charge in [-0.25, -0.2) is 4.79 Å². The molecule has 142 valence electrons. The summed E-state index contributed by atoms with van der Waals surface area (Å²) in [5.41, 5.74) is 0.530. The second-order valence-electron chi connectivity index (χ2n) is 7.01. The fourth-order valence-corrected chi connectivity index (χ4v) is 2.10. The number of carbonyl (C=O) groups is 2. The Morgan fingerprint density at radius 3 is 2.24 bits per heavy atom. The van der Waals surface area contributed by atoms with Gasteiger partial charge in [0.25, 0.3) is 0 Å². The van der Waals surface area contributed by atoms with E-state index in [2.05, 4.69) is 24.1 Å². The average Bonchev–Trinajstić information content (AvgIpc) is 2.44. The van der Waals surface area contributed by atoms with Crippen LogP contribution in [0.25, 0.3) is 0 Å². The molecular formula is C18H30ClN3O3. The predicted octanol–water partition coefficient (Wildman–Crippen LogP) is 3.49. The van der Waals surface area contributed by atoms with Crippen LogP contribution in [0, 0.1) is 19.8 Å². The first-order valence-corrected chi connectivity index (χ1v) is 8.23. The van der Waals surface area contributed by atoms with Crippen molar-refractivity contribution in [3.8, 4) is 5.75 Å². The topological polar surface area (TPSA) is 71.5 Å². The predicted molar refractivity (Wildman–Crippen MR) is 101 cm³/mol. The smallest absolute Gasteiger partial charge is 0.410 e. The first-order chi connectivity index (χ1) is 11.0. The maximum Gasteiger partial charge on any atom is 0.415 e. The summed E-state index contributed by atoms with van der Waals surface area (Å²) in [5, 5.41) is 2.87. The maximum absolute atomic E-state index is 12.4. The minimum atomic E-state index is -1.01. The second-order valence-corrected chi connectivity index (χ2v) is 7.01. The Morgan fingerprint density at radius 1 is 1.24 bits per heavy atom. The van der Waals surface area contributed by atoms with Gasteiger partial charge in [-0.15, -0.1) is 12.4 Å². The van der Waals surface area contributed by atoms with E-state index in [9.17, 15) is 9.59 Å². The maximum atomic E-state index is 12.4. The van der Waals surface area contributed by atoms with Gasteiger partial charge in [0.1, 0.15) is 11.3 Å². The molecule has 1 aromatic heterocycles. The van der Waals surface area contributed by atoms with Gasteiger partial charge < -0.3 is 10.1 Å². The standard InChI is InChI=1S/C18H29N3O3.ClH/c1-12(2)8-9-19-16(22)18(5,6)21(7)17(23)24-15-10-13(3)20-14(4)11-15;/h10-12H,8-9H2,1-7H3,(H,19,22);1H. The van der Waals surface area contributed by atoms with Gasteiger partial charge in [0.05, 0.1) is 0 Å². The van der Waals surface area contributed by atoms with Gasteiger partial charge in [-0.2, -0.15) is 0 Å². The van der Waals surface area contributed by atoms with Gasteiger partial charge >= 0.3 is 6.09 Å². The Bertz CT molecular complexity index is 583. The zero-order valence-electron chi connectivity index (χ0n) is 16.2. The van der Waals surface area contributed by atoms with Crippen molar-refractivity contribution in [3.05, 3.63) is 23.5 Å².